The van der Waals surface area contributed by atoms with Gasteiger partial charge in [0.15, 0.2) is 0 Å². The maximum Gasteiger partial charge on any atom is 0.270 e. The van der Waals surface area contributed by atoms with Crippen LogP contribution in [0, 0.1) is 5.92 Å². The van der Waals surface area contributed by atoms with Crippen molar-refractivity contribution in [3.8, 4) is 0 Å². The van der Waals surface area contributed by atoms with Gasteiger partial charge in [0.25, 0.3) is 11.8 Å². The lowest BCUT2D eigenvalue weighted by Gasteiger charge is -2.49. The molecule has 2 aromatic heterocycles. The molecule has 4 saturated heterocycles. The van der Waals surface area contributed by atoms with Crippen molar-refractivity contribution in [2.45, 2.75) is 31.8 Å². The Kier molecular flexibility index (Phi) is 5.26. The van der Waals surface area contributed by atoms with Gasteiger partial charge in [0.05, 0.1) is 10.3 Å². The molecule has 6 rings (SSSR count). The van der Waals surface area contributed by atoms with E-state index in [4.69, 9.17) is 0 Å². The van der Waals surface area contributed by atoms with Gasteiger partial charge >= 0.3 is 0 Å². The van der Waals surface area contributed by atoms with E-state index in [1.165, 1.54) is 11.3 Å². The van der Waals surface area contributed by atoms with E-state index in [2.05, 4.69) is 22.1 Å². The highest BCUT2D eigenvalue weighted by Gasteiger charge is 2.40. The first-order valence-electron chi connectivity index (χ1n) is 10.4. The molecular formula is C21H26N4O2S2. The molecule has 6 heterocycles. The second-order valence-corrected chi connectivity index (χ2v) is 10.4. The van der Waals surface area contributed by atoms with E-state index >= 15 is 0 Å². The van der Waals surface area contributed by atoms with E-state index in [1.54, 1.807) is 12.3 Å². The Hall–Kier alpha value is -1.64. The van der Waals surface area contributed by atoms with Gasteiger partial charge in [-0.25, -0.2) is 4.98 Å². The third-order valence-electron chi connectivity index (χ3n) is 6.70. The second-order valence-electron chi connectivity index (χ2n) is 8.23. The molecular weight excluding hydrogens is 404 g/mol. The zero-order chi connectivity index (χ0) is 20.0. The van der Waals surface area contributed by atoms with Crippen LogP contribution in [0.1, 0.15) is 40.6 Å². The normalized spacial score (nSPS) is 29.2. The molecule has 1 N–H and O–H groups in total. The fourth-order valence-corrected chi connectivity index (χ4v) is 6.72. The lowest BCUT2D eigenvalue weighted by atomic mass is 9.79. The molecule has 0 aliphatic carbocycles. The average molecular weight is 431 g/mol. The molecule has 29 heavy (non-hydrogen) atoms. The number of thiophene rings is 1. The van der Waals surface area contributed by atoms with Gasteiger partial charge in [0.2, 0.25) is 0 Å². The molecule has 0 saturated carbocycles. The van der Waals surface area contributed by atoms with E-state index < -0.39 is 0 Å². The Balaban J connectivity index is 1.38. The molecule has 4 aliphatic rings. The first kappa shape index (κ1) is 19.3. The van der Waals surface area contributed by atoms with E-state index in [9.17, 15) is 9.59 Å². The van der Waals surface area contributed by atoms with Crippen LogP contribution in [-0.2, 0) is 0 Å². The highest BCUT2D eigenvalue weighted by molar-refractivity contribution is 7.99. The summed E-state index contributed by atoms with van der Waals surface area (Å²) in [5.41, 5.74) is 1.10. The van der Waals surface area contributed by atoms with Crippen molar-refractivity contribution >= 4 is 45.0 Å². The van der Waals surface area contributed by atoms with Gasteiger partial charge in [-0.15, -0.1) is 11.3 Å². The van der Waals surface area contributed by atoms with Gasteiger partial charge < -0.3 is 10.2 Å². The number of amides is 2. The van der Waals surface area contributed by atoms with Crippen molar-refractivity contribution in [3.05, 3.63) is 28.9 Å². The highest BCUT2D eigenvalue weighted by atomic mass is 32.2. The molecule has 4 aliphatic heterocycles. The van der Waals surface area contributed by atoms with Crippen LogP contribution in [0.4, 0.5) is 0 Å². The molecule has 0 radical (unpaired) electrons. The molecule has 2 atom stereocenters. The van der Waals surface area contributed by atoms with Gasteiger partial charge in [-0.05, 0) is 44.8 Å². The molecule has 4 fully saturated rings. The van der Waals surface area contributed by atoms with E-state index in [0.717, 1.165) is 60.6 Å². The zero-order valence-corrected chi connectivity index (χ0v) is 18.2. The number of hydrogen-bond acceptors (Lipinski definition) is 6. The summed E-state index contributed by atoms with van der Waals surface area (Å²) in [5, 5.41) is 6.01. The standard InChI is InChI=1S/C21H26N4O2S2/c1-13-19(14-2-4-24(13)5-3-14)23-20(26)17-10-15-16(12-29-18(15)11-22-17)21(27)25-6-8-28-9-7-25/h10-14,19H,2-9H2,1H3,(H,23,26)/t13-,19-/m0/s1. The van der Waals surface area contributed by atoms with Crippen LogP contribution in [0.2, 0.25) is 0 Å². The number of hydrogen-bond donors (Lipinski definition) is 1. The minimum Gasteiger partial charge on any atom is -0.346 e. The first-order valence-corrected chi connectivity index (χ1v) is 12.4. The smallest absolute Gasteiger partial charge is 0.270 e. The maximum absolute atomic E-state index is 13.0. The van der Waals surface area contributed by atoms with Crippen molar-refractivity contribution in [2.75, 3.05) is 37.7 Å². The van der Waals surface area contributed by atoms with Crippen LogP contribution in [0.3, 0.4) is 0 Å². The van der Waals surface area contributed by atoms with Gasteiger partial charge in [-0.1, -0.05) is 0 Å². The van der Waals surface area contributed by atoms with E-state index in [1.807, 2.05) is 22.0 Å². The Morgan fingerprint density at radius 1 is 1.17 bits per heavy atom. The summed E-state index contributed by atoms with van der Waals surface area (Å²) in [6, 6.07) is 2.35. The number of piperidine rings is 3. The quantitative estimate of drug-likeness (QED) is 0.811. The van der Waals surface area contributed by atoms with Crippen molar-refractivity contribution in [1.82, 2.24) is 20.1 Å². The monoisotopic (exact) mass is 430 g/mol. The van der Waals surface area contributed by atoms with Gasteiger partial charge in [-0.3, -0.25) is 14.5 Å². The summed E-state index contributed by atoms with van der Waals surface area (Å²) in [5.74, 6) is 2.47. The molecule has 8 heteroatoms. The minimum atomic E-state index is -0.128. The summed E-state index contributed by atoms with van der Waals surface area (Å²) in [6.07, 6.45) is 4.04. The summed E-state index contributed by atoms with van der Waals surface area (Å²) < 4.78 is 0.951. The Labute approximate surface area is 179 Å². The predicted molar refractivity (Wildman–Crippen MR) is 118 cm³/mol. The molecule has 154 valence electrons. The summed E-state index contributed by atoms with van der Waals surface area (Å²) in [7, 11) is 0. The third-order valence-corrected chi connectivity index (χ3v) is 8.57. The highest BCUT2D eigenvalue weighted by Crippen LogP contribution is 2.32. The van der Waals surface area contributed by atoms with Crippen LogP contribution < -0.4 is 5.32 Å². The molecule has 2 bridgehead atoms. The number of carbonyl (C=O) groups excluding carboxylic acids is 2. The Morgan fingerprint density at radius 2 is 1.93 bits per heavy atom. The second kappa shape index (κ2) is 7.89. The first-order chi connectivity index (χ1) is 14.1. The minimum absolute atomic E-state index is 0.0696. The molecule has 2 amide bonds. The predicted octanol–water partition coefficient (Wildman–Crippen LogP) is 2.70. The Bertz CT molecular complexity index is 930. The van der Waals surface area contributed by atoms with Crippen LogP contribution in [0.15, 0.2) is 17.6 Å². The zero-order valence-electron chi connectivity index (χ0n) is 16.6. The number of fused-ring (bicyclic) bond motifs is 4. The van der Waals surface area contributed by atoms with Crippen LogP contribution in [0.5, 0.6) is 0 Å². The number of carbonyl (C=O) groups is 2. The average Bonchev–Trinajstić information content (AvgIpc) is 3.20. The summed E-state index contributed by atoms with van der Waals surface area (Å²) >= 11 is 3.41. The summed E-state index contributed by atoms with van der Waals surface area (Å²) in [4.78, 5) is 34.8. The third kappa shape index (κ3) is 3.55. The maximum atomic E-state index is 13.0. The van der Waals surface area contributed by atoms with Crippen molar-refractivity contribution in [2.24, 2.45) is 5.92 Å². The van der Waals surface area contributed by atoms with Crippen molar-refractivity contribution in [3.63, 3.8) is 0 Å². The van der Waals surface area contributed by atoms with Crippen molar-refractivity contribution < 1.29 is 9.59 Å². The molecule has 0 aromatic carbocycles. The number of thioether (sulfide) groups is 1. The van der Waals surface area contributed by atoms with Gasteiger partial charge in [-0.2, -0.15) is 11.8 Å². The fourth-order valence-electron chi connectivity index (χ4n) is 4.93. The molecule has 2 aromatic rings. The number of pyridine rings is 1. The van der Waals surface area contributed by atoms with Crippen LogP contribution in [-0.4, -0.2) is 76.4 Å². The topological polar surface area (TPSA) is 65.5 Å². The lowest BCUT2D eigenvalue weighted by molar-refractivity contribution is 0.0216. The van der Waals surface area contributed by atoms with Crippen LogP contribution in [0.25, 0.3) is 10.1 Å². The largest absolute Gasteiger partial charge is 0.346 e. The SMILES string of the molecule is C[C@H]1[C@H](NC(=O)c2cc3c(C(=O)N4CCSCC4)csc3cn2)C2CCN1CC2. The van der Waals surface area contributed by atoms with Gasteiger partial charge in [0.1, 0.15) is 5.69 Å². The van der Waals surface area contributed by atoms with Crippen LogP contribution >= 0.6 is 23.1 Å². The number of aromatic nitrogens is 1. The lowest BCUT2D eigenvalue weighted by Crippen LogP contribution is -2.62. The van der Waals surface area contributed by atoms with E-state index in [-0.39, 0.29) is 17.9 Å². The number of rotatable bonds is 3. The summed E-state index contributed by atoms with van der Waals surface area (Å²) in [6.45, 7) is 6.06. The van der Waals surface area contributed by atoms with Crippen molar-refractivity contribution in [1.29, 1.82) is 0 Å². The number of nitrogens with zero attached hydrogens (tertiary/aromatic N) is 3. The molecule has 0 spiro atoms. The molecule has 0 unspecified atom stereocenters. The Morgan fingerprint density at radius 3 is 2.66 bits per heavy atom. The van der Waals surface area contributed by atoms with E-state index in [0.29, 0.717) is 23.2 Å². The van der Waals surface area contributed by atoms with Gasteiger partial charge in [0, 0.05) is 53.6 Å². The fraction of sp³-hybridized carbons (Fsp3) is 0.571. The molecule has 6 nitrogen and oxygen atoms in total. The number of nitrogens with one attached hydrogen (secondary N) is 1.